The van der Waals surface area contributed by atoms with Crippen molar-refractivity contribution in [3.8, 4) is 0 Å². The number of benzene rings is 1. The second-order valence-electron chi connectivity index (χ2n) is 4.59. The minimum atomic E-state index is 0.849. The maximum atomic E-state index is 5.88. The van der Waals surface area contributed by atoms with E-state index in [1.54, 1.807) is 4.88 Å². The van der Waals surface area contributed by atoms with Crippen molar-refractivity contribution in [2.24, 2.45) is 0 Å². The van der Waals surface area contributed by atoms with Crippen LogP contribution in [0.1, 0.15) is 16.0 Å². The fraction of sp³-hybridized carbons (Fsp3) is 0.286. The van der Waals surface area contributed by atoms with Crippen molar-refractivity contribution < 1.29 is 0 Å². The molecule has 0 aliphatic carbocycles. The molecule has 0 spiro atoms. The van der Waals surface area contributed by atoms with Gasteiger partial charge < -0.3 is 10.6 Å². The summed E-state index contributed by atoms with van der Waals surface area (Å²) in [6.07, 6.45) is 1.15. The number of nitrogen functional groups attached to an aromatic ring is 1. The number of nitrogens with zero attached hydrogens (tertiary/aromatic N) is 1. The highest BCUT2D eigenvalue weighted by Crippen LogP contribution is 2.30. The second kappa shape index (κ2) is 4.08. The Labute approximate surface area is 106 Å². The number of hydrogen-bond donors (Lipinski definition) is 1. The summed E-state index contributed by atoms with van der Waals surface area (Å²) in [7, 11) is 0. The van der Waals surface area contributed by atoms with Gasteiger partial charge in [0.25, 0.3) is 0 Å². The van der Waals surface area contributed by atoms with Crippen molar-refractivity contribution in [1.29, 1.82) is 0 Å². The molecule has 3 heteroatoms. The molecule has 2 heterocycles. The molecule has 2 aromatic rings. The summed E-state index contributed by atoms with van der Waals surface area (Å²) in [6, 6.07) is 8.41. The van der Waals surface area contributed by atoms with Gasteiger partial charge in [-0.2, -0.15) is 0 Å². The summed E-state index contributed by atoms with van der Waals surface area (Å²) >= 11 is 1.88. The third-order valence-corrected chi connectivity index (χ3v) is 4.40. The Morgan fingerprint density at radius 3 is 3.06 bits per heavy atom. The average molecular weight is 244 g/mol. The molecule has 1 aliphatic heterocycles. The van der Waals surface area contributed by atoms with Gasteiger partial charge in [-0.15, -0.1) is 11.3 Å². The fourth-order valence-electron chi connectivity index (χ4n) is 2.42. The highest BCUT2D eigenvalue weighted by atomic mass is 32.1. The molecule has 0 radical (unpaired) electrons. The Hall–Kier alpha value is -1.48. The number of anilines is 2. The van der Waals surface area contributed by atoms with E-state index in [0.29, 0.717) is 0 Å². The summed E-state index contributed by atoms with van der Waals surface area (Å²) in [6.45, 7) is 4.26. The van der Waals surface area contributed by atoms with Crippen molar-refractivity contribution >= 4 is 22.7 Å². The number of aryl methyl sites for hydroxylation is 1. The monoisotopic (exact) mass is 244 g/mol. The van der Waals surface area contributed by atoms with Crippen LogP contribution in [0.25, 0.3) is 0 Å². The van der Waals surface area contributed by atoms with Gasteiger partial charge in [-0.3, -0.25) is 0 Å². The SMILES string of the molecule is Cc1ccc(N)cc1N1CCc2sccc2C1. The first-order chi connectivity index (χ1) is 8.24. The van der Waals surface area contributed by atoms with Crippen LogP contribution in [0.3, 0.4) is 0 Å². The number of rotatable bonds is 1. The normalized spacial score (nSPS) is 14.8. The molecule has 0 saturated carbocycles. The fourth-order valence-corrected chi connectivity index (χ4v) is 3.31. The van der Waals surface area contributed by atoms with E-state index in [2.05, 4.69) is 35.4 Å². The summed E-state index contributed by atoms with van der Waals surface area (Å²) in [5, 5.41) is 2.19. The van der Waals surface area contributed by atoms with Crippen molar-refractivity contribution in [2.45, 2.75) is 19.9 Å². The van der Waals surface area contributed by atoms with Crippen LogP contribution in [0.2, 0.25) is 0 Å². The van der Waals surface area contributed by atoms with E-state index in [4.69, 9.17) is 5.73 Å². The van der Waals surface area contributed by atoms with Gasteiger partial charge in [-0.1, -0.05) is 6.07 Å². The Morgan fingerprint density at radius 2 is 2.18 bits per heavy atom. The first-order valence-electron chi connectivity index (χ1n) is 5.90. The number of nitrogens with two attached hydrogens (primary N) is 1. The molecule has 1 aliphatic rings. The highest BCUT2D eigenvalue weighted by molar-refractivity contribution is 7.10. The van der Waals surface area contributed by atoms with Crippen LogP contribution in [0.5, 0.6) is 0 Å². The zero-order valence-electron chi connectivity index (χ0n) is 9.94. The van der Waals surface area contributed by atoms with Gasteiger partial charge in [0, 0.05) is 29.3 Å². The van der Waals surface area contributed by atoms with E-state index in [0.717, 1.165) is 25.2 Å². The summed E-state index contributed by atoms with van der Waals surface area (Å²) < 4.78 is 0. The lowest BCUT2D eigenvalue weighted by Crippen LogP contribution is -2.29. The number of hydrogen-bond acceptors (Lipinski definition) is 3. The highest BCUT2D eigenvalue weighted by Gasteiger charge is 2.18. The molecule has 2 N–H and O–H groups in total. The van der Waals surface area contributed by atoms with Crippen molar-refractivity contribution in [3.05, 3.63) is 45.6 Å². The average Bonchev–Trinajstić information content (AvgIpc) is 2.79. The first kappa shape index (κ1) is 10.7. The van der Waals surface area contributed by atoms with Gasteiger partial charge in [0.05, 0.1) is 0 Å². The minimum Gasteiger partial charge on any atom is -0.399 e. The molecule has 17 heavy (non-hydrogen) atoms. The number of fused-ring (bicyclic) bond motifs is 1. The topological polar surface area (TPSA) is 29.3 Å². The van der Waals surface area contributed by atoms with E-state index in [-0.39, 0.29) is 0 Å². The van der Waals surface area contributed by atoms with Gasteiger partial charge in [-0.25, -0.2) is 0 Å². The van der Waals surface area contributed by atoms with Gasteiger partial charge in [0.15, 0.2) is 0 Å². The van der Waals surface area contributed by atoms with Crippen LogP contribution in [-0.4, -0.2) is 6.54 Å². The van der Waals surface area contributed by atoms with Gasteiger partial charge in [-0.05, 0) is 48.1 Å². The summed E-state index contributed by atoms with van der Waals surface area (Å²) in [5.41, 5.74) is 10.8. The summed E-state index contributed by atoms with van der Waals surface area (Å²) in [5.74, 6) is 0. The van der Waals surface area contributed by atoms with Crippen LogP contribution in [0.4, 0.5) is 11.4 Å². The summed E-state index contributed by atoms with van der Waals surface area (Å²) in [4.78, 5) is 3.98. The maximum Gasteiger partial charge on any atom is 0.0440 e. The van der Waals surface area contributed by atoms with Gasteiger partial charge >= 0.3 is 0 Å². The molecular formula is C14H16N2S. The van der Waals surface area contributed by atoms with Crippen LogP contribution >= 0.6 is 11.3 Å². The van der Waals surface area contributed by atoms with Crippen molar-refractivity contribution in [1.82, 2.24) is 0 Å². The molecule has 0 fully saturated rings. The number of thiophene rings is 1. The third-order valence-electron chi connectivity index (χ3n) is 3.38. The van der Waals surface area contributed by atoms with E-state index in [1.807, 2.05) is 17.4 Å². The molecule has 1 aromatic heterocycles. The zero-order valence-corrected chi connectivity index (χ0v) is 10.8. The molecule has 2 nitrogen and oxygen atoms in total. The largest absolute Gasteiger partial charge is 0.399 e. The molecule has 0 saturated heterocycles. The Bertz CT molecular complexity index is 545. The molecule has 0 amide bonds. The Kier molecular flexibility index (Phi) is 2.56. The Morgan fingerprint density at radius 1 is 1.29 bits per heavy atom. The van der Waals surface area contributed by atoms with E-state index in [9.17, 15) is 0 Å². The van der Waals surface area contributed by atoms with Crippen LogP contribution in [0, 0.1) is 6.92 Å². The smallest absolute Gasteiger partial charge is 0.0440 e. The molecule has 0 atom stereocenters. The zero-order chi connectivity index (χ0) is 11.8. The lowest BCUT2D eigenvalue weighted by molar-refractivity contribution is 0.741. The van der Waals surface area contributed by atoms with Crippen LogP contribution in [0.15, 0.2) is 29.6 Å². The van der Waals surface area contributed by atoms with Gasteiger partial charge in [0.1, 0.15) is 0 Å². The second-order valence-corrected chi connectivity index (χ2v) is 5.59. The Balaban J connectivity index is 1.94. The predicted molar refractivity (Wildman–Crippen MR) is 74.7 cm³/mol. The minimum absolute atomic E-state index is 0.849. The molecule has 0 unspecified atom stereocenters. The van der Waals surface area contributed by atoms with Crippen molar-refractivity contribution in [2.75, 3.05) is 17.2 Å². The van der Waals surface area contributed by atoms with Crippen LogP contribution in [-0.2, 0) is 13.0 Å². The molecule has 0 bridgehead atoms. The van der Waals surface area contributed by atoms with Crippen LogP contribution < -0.4 is 10.6 Å². The molecular weight excluding hydrogens is 228 g/mol. The van der Waals surface area contributed by atoms with Gasteiger partial charge in [0.2, 0.25) is 0 Å². The standard InChI is InChI=1S/C14H16N2S/c1-10-2-3-12(15)8-13(10)16-6-4-14-11(9-16)5-7-17-14/h2-3,5,7-8H,4,6,9,15H2,1H3. The molecule has 1 aromatic carbocycles. The lowest BCUT2D eigenvalue weighted by Gasteiger charge is -2.30. The first-order valence-corrected chi connectivity index (χ1v) is 6.78. The van der Waals surface area contributed by atoms with E-state index >= 15 is 0 Å². The lowest BCUT2D eigenvalue weighted by atomic mass is 10.1. The molecule has 3 rings (SSSR count). The third kappa shape index (κ3) is 1.91. The van der Waals surface area contributed by atoms with E-state index in [1.165, 1.54) is 16.8 Å². The molecule has 88 valence electrons. The van der Waals surface area contributed by atoms with Crippen molar-refractivity contribution in [3.63, 3.8) is 0 Å². The van der Waals surface area contributed by atoms with E-state index < -0.39 is 0 Å². The predicted octanol–water partition coefficient (Wildman–Crippen LogP) is 3.20. The quantitative estimate of drug-likeness (QED) is 0.781. The maximum absolute atomic E-state index is 5.88.